The van der Waals surface area contributed by atoms with Gasteiger partial charge in [-0.15, -0.1) is 0 Å². The second-order valence-electron chi connectivity index (χ2n) is 4.95. The van der Waals surface area contributed by atoms with Gasteiger partial charge < -0.3 is 0 Å². The normalized spacial score (nSPS) is 12.4. The molecule has 0 bridgehead atoms. The predicted molar refractivity (Wildman–Crippen MR) is 88.3 cm³/mol. The van der Waals surface area contributed by atoms with Crippen LogP contribution in [0.15, 0.2) is 41.2 Å². The zero-order valence-electron chi connectivity index (χ0n) is 11.6. The van der Waals surface area contributed by atoms with E-state index in [-0.39, 0.29) is 26.3 Å². The van der Waals surface area contributed by atoms with E-state index >= 15 is 0 Å². The zero-order valence-corrected chi connectivity index (χ0v) is 14.2. The molecule has 0 spiro atoms. The van der Waals surface area contributed by atoms with Crippen LogP contribution in [-0.4, -0.2) is 35.3 Å². The molecule has 0 aliphatic rings. The molecule has 2 heterocycles. The molecule has 0 radical (unpaired) electrons. The summed E-state index contributed by atoms with van der Waals surface area (Å²) >= 11 is 1.45. The van der Waals surface area contributed by atoms with Crippen LogP contribution < -0.4 is 5.56 Å². The maximum atomic E-state index is 12.4. The number of hydrogen-bond donors (Lipinski definition) is 0. The third kappa shape index (κ3) is 2.75. The molecule has 0 saturated carbocycles. The van der Waals surface area contributed by atoms with Crippen LogP contribution in [0.1, 0.15) is 18.7 Å². The Labute approximate surface area is 132 Å². The monoisotopic (exact) mass is 366 g/mol. The SMILES string of the molecule is CC(C)[N+]([O-])=Cc1ccc(-n2[se]c3ccccc3c2=O)s1. The van der Waals surface area contributed by atoms with E-state index < -0.39 is 0 Å². The first-order chi connectivity index (χ1) is 10.1. The quantitative estimate of drug-likeness (QED) is 0.235. The topological polar surface area (TPSA) is 48.1 Å². The van der Waals surface area contributed by atoms with Gasteiger partial charge in [0.2, 0.25) is 0 Å². The third-order valence-electron chi connectivity index (χ3n) is 3.07. The summed E-state index contributed by atoms with van der Waals surface area (Å²) < 4.78 is 3.87. The summed E-state index contributed by atoms with van der Waals surface area (Å²) in [4.78, 5) is 13.3. The Morgan fingerprint density at radius 3 is 2.76 bits per heavy atom. The van der Waals surface area contributed by atoms with Crippen molar-refractivity contribution in [3.8, 4) is 5.00 Å². The fourth-order valence-electron chi connectivity index (χ4n) is 1.91. The number of fused-ring (bicyclic) bond motifs is 1. The van der Waals surface area contributed by atoms with E-state index in [1.165, 1.54) is 11.3 Å². The summed E-state index contributed by atoms with van der Waals surface area (Å²) in [5.41, 5.74) is 0.0573. The van der Waals surface area contributed by atoms with Crippen molar-refractivity contribution in [3.63, 3.8) is 0 Å². The van der Waals surface area contributed by atoms with Crippen molar-refractivity contribution in [2.24, 2.45) is 0 Å². The van der Waals surface area contributed by atoms with E-state index in [9.17, 15) is 10.0 Å². The summed E-state index contributed by atoms with van der Waals surface area (Å²) in [5, 5.41) is 13.4. The first-order valence-electron chi connectivity index (χ1n) is 6.58. The van der Waals surface area contributed by atoms with Crippen molar-refractivity contribution in [1.82, 2.24) is 3.56 Å². The average Bonchev–Trinajstić information content (AvgIpc) is 3.04. The molecule has 3 aromatic rings. The van der Waals surface area contributed by atoms with Gasteiger partial charge in [0.15, 0.2) is 0 Å². The summed E-state index contributed by atoms with van der Waals surface area (Å²) in [6.45, 7) is 3.70. The summed E-state index contributed by atoms with van der Waals surface area (Å²) in [7, 11) is 0. The van der Waals surface area contributed by atoms with Gasteiger partial charge in [0.1, 0.15) is 0 Å². The number of rotatable bonds is 3. The van der Waals surface area contributed by atoms with Crippen LogP contribution in [0, 0.1) is 5.21 Å². The van der Waals surface area contributed by atoms with Gasteiger partial charge in [-0.05, 0) is 0 Å². The molecule has 21 heavy (non-hydrogen) atoms. The minimum absolute atomic E-state index is 0.0228. The van der Waals surface area contributed by atoms with E-state index in [0.29, 0.717) is 0 Å². The van der Waals surface area contributed by atoms with Gasteiger partial charge in [0.25, 0.3) is 0 Å². The van der Waals surface area contributed by atoms with Crippen molar-refractivity contribution < 1.29 is 4.74 Å². The number of thiophene rings is 1. The maximum absolute atomic E-state index is 12.4. The molecule has 4 nitrogen and oxygen atoms in total. The molecule has 0 atom stereocenters. The fourth-order valence-corrected chi connectivity index (χ4v) is 5.11. The van der Waals surface area contributed by atoms with E-state index in [2.05, 4.69) is 0 Å². The number of aromatic nitrogens is 1. The number of hydroxylamine groups is 1. The minimum atomic E-state index is -0.0857. The number of hydrogen-bond acceptors (Lipinski definition) is 3. The summed E-state index contributed by atoms with van der Waals surface area (Å²) in [5.74, 6) is 0. The second-order valence-corrected chi connectivity index (χ2v) is 8.11. The molecule has 0 aliphatic carbocycles. The van der Waals surface area contributed by atoms with Gasteiger partial charge in [-0.2, -0.15) is 0 Å². The van der Waals surface area contributed by atoms with Gasteiger partial charge >= 0.3 is 132 Å². The van der Waals surface area contributed by atoms with Crippen molar-refractivity contribution >= 4 is 41.9 Å². The predicted octanol–water partition coefficient (Wildman–Crippen LogP) is 2.45. The van der Waals surface area contributed by atoms with Gasteiger partial charge in [-0.3, -0.25) is 0 Å². The van der Waals surface area contributed by atoms with Gasteiger partial charge in [-0.25, -0.2) is 0 Å². The molecule has 0 amide bonds. The molecule has 0 saturated heterocycles. The Bertz CT molecular complexity index is 873. The molecule has 1 aromatic carbocycles. The van der Waals surface area contributed by atoms with E-state index in [0.717, 1.165) is 24.3 Å². The molecule has 0 fully saturated rings. The fraction of sp³-hybridized carbons (Fsp3) is 0.200. The second kappa shape index (κ2) is 5.64. The molecular formula is C15H14N2O2SSe. The van der Waals surface area contributed by atoms with Crippen LogP contribution in [0.2, 0.25) is 0 Å². The first-order valence-corrected chi connectivity index (χ1v) is 9.02. The van der Waals surface area contributed by atoms with Crippen LogP contribution >= 0.6 is 11.3 Å². The van der Waals surface area contributed by atoms with Crippen LogP contribution in [0.4, 0.5) is 0 Å². The van der Waals surface area contributed by atoms with Gasteiger partial charge in [-0.1, -0.05) is 0 Å². The third-order valence-corrected chi connectivity index (χ3v) is 6.64. The van der Waals surface area contributed by atoms with Crippen LogP contribution in [0.25, 0.3) is 14.6 Å². The molecule has 2 aromatic heterocycles. The Morgan fingerprint density at radius 2 is 2.05 bits per heavy atom. The molecule has 0 unspecified atom stereocenters. The first kappa shape index (κ1) is 14.3. The Hall–Kier alpha value is -1.62. The zero-order chi connectivity index (χ0) is 15.0. The Balaban J connectivity index is 2.05. The number of nitrogens with zero attached hydrogens (tertiary/aromatic N) is 2. The Kier molecular flexibility index (Phi) is 3.85. The van der Waals surface area contributed by atoms with Crippen molar-refractivity contribution in [3.05, 3.63) is 56.8 Å². The van der Waals surface area contributed by atoms with E-state index in [1.807, 2.05) is 53.8 Å². The molecule has 6 heteroatoms. The van der Waals surface area contributed by atoms with Crippen LogP contribution in [-0.2, 0) is 0 Å². The van der Waals surface area contributed by atoms with Crippen molar-refractivity contribution in [2.45, 2.75) is 19.9 Å². The molecular weight excluding hydrogens is 351 g/mol. The standard InChI is InChI=1S/C15H14N2O2SSe/c1-10(2)16(19)9-11-7-8-14(20-11)17-15(18)12-5-3-4-6-13(12)21-17/h3-10H,1-2H3. The molecule has 0 aliphatic heterocycles. The molecule has 0 N–H and O–H groups in total. The number of benzene rings is 1. The van der Waals surface area contributed by atoms with E-state index in [1.54, 1.807) is 6.21 Å². The van der Waals surface area contributed by atoms with Crippen molar-refractivity contribution in [1.29, 1.82) is 0 Å². The molecule has 108 valence electrons. The van der Waals surface area contributed by atoms with Crippen LogP contribution in [0.3, 0.4) is 0 Å². The summed E-state index contributed by atoms with van der Waals surface area (Å²) in [6, 6.07) is 11.4. The molecule has 3 rings (SSSR count). The van der Waals surface area contributed by atoms with Gasteiger partial charge in [0, 0.05) is 0 Å². The Morgan fingerprint density at radius 1 is 1.29 bits per heavy atom. The van der Waals surface area contributed by atoms with Crippen molar-refractivity contribution in [2.75, 3.05) is 0 Å². The van der Waals surface area contributed by atoms with Gasteiger partial charge in [0.05, 0.1) is 0 Å². The summed E-state index contributed by atoms with van der Waals surface area (Å²) in [6.07, 6.45) is 1.58. The average molecular weight is 365 g/mol. The van der Waals surface area contributed by atoms with E-state index in [4.69, 9.17) is 0 Å². The van der Waals surface area contributed by atoms with Crippen LogP contribution in [0.5, 0.6) is 0 Å².